The topological polar surface area (TPSA) is 66.5 Å². The number of rotatable bonds is 7. The molecular weight excluding hydrogens is 377 g/mol. The first-order chi connectivity index (χ1) is 9.39. The van der Waals surface area contributed by atoms with Gasteiger partial charge in [0.2, 0.25) is 0 Å². The number of pyridine rings is 1. The number of aliphatic imine (C=N–C) groups is 1. The van der Waals surface area contributed by atoms with Crippen LogP contribution in [0.25, 0.3) is 0 Å². The van der Waals surface area contributed by atoms with Gasteiger partial charge in [-0.1, -0.05) is 19.9 Å². The lowest BCUT2D eigenvalue weighted by molar-refractivity contribution is 0.249. The fourth-order valence-corrected chi connectivity index (χ4v) is 2.13. The van der Waals surface area contributed by atoms with Crippen molar-refractivity contribution >= 4 is 29.9 Å². The van der Waals surface area contributed by atoms with Crippen LogP contribution >= 0.6 is 24.0 Å². The minimum Gasteiger partial charge on any atom is -0.370 e. The second-order valence-corrected chi connectivity index (χ2v) is 6.10. The summed E-state index contributed by atoms with van der Waals surface area (Å²) in [6.07, 6.45) is 2.65. The van der Waals surface area contributed by atoms with Crippen LogP contribution in [0.1, 0.15) is 19.5 Å². The third-order valence-electron chi connectivity index (χ3n) is 2.84. The second-order valence-electron chi connectivity index (χ2n) is 6.10. The molecule has 0 atom stereocenters. The predicted octanol–water partition coefficient (Wildman–Crippen LogP) is 1.73. The molecule has 0 saturated heterocycles. The average molecular weight is 405 g/mol. The Morgan fingerprint density at radius 2 is 2.10 bits per heavy atom. The molecule has 3 N–H and O–H groups in total. The Morgan fingerprint density at radius 3 is 2.67 bits per heavy atom. The first kappa shape index (κ1) is 20.1. The molecule has 0 aliphatic heterocycles. The molecule has 1 rings (SSSR count). The molecule has 0 spiro atoms. The first-order valence-corrected chi connectivity index (χ1v) is 6.97. The van der Waals surface area contributed by atoms with E-state index in [2.05, 4.69) is 48.1 Å². The van der Waals surface area contributed by atoms with Crippen molar-refractivity contribution in [3.63, 3.8) is 0 Å². The van der Waals surface area contributed by atoms with Crippen LogP contribution in [0, 0.1) is 5.41 Å². The summed E-state index contributed by atoms with van der Waals surface area (Å²) in [5.41, 5.74) is 7.06. The maximum absolute atomic E-state index is 5.88. The van der Waals surface area contributed by atoms with Crippen LogP contribution < -0.4 is 11.1 Å². The molecule has 1 aromatic rings. The number of nitrogens with one attached hydrogen (secondary N) is 1. The normalized spacial score (nSPS) is 12.1. The van der Waals surface area contributed by atoms with Crippen molar-refractivity contribution in [2.75, 3.05) is 33.7 Å². The van der Waals surface area contributed by atoms with Gasteiger partial charge in [0.25, 0.3) is 0 Å². The van der Waals surface area contributed by atoms with Crippen molar-refractivity contribution in [1.82, 2.24) is 15.2 Å². The summed E-state index contributed by atoms with van der Waals surface area (Å²) in [4.78, 5) is 10.9. The Hall–Kier alpha value is -0.890. The van der Waals surface area contributed by atoms with Crippen molar-refractivity contribution in [3.8, 4) is 0 Å². The van der Waals surface area contributed by atoms with Crippen LogP contribution in [-0.2, 0) is 6.42 Å². The predicted molar refractivity (Wildman–Crippen MR) is 100 cm³/mol. The van der Waals surface area contributed by atoms with Gasteiger partial charge in [0.1, 0.15) is 0 Å². The van der Waals surface area contributed by atoms with Crippen LogP contribution in [0.5, 0.6) is 0 Å². The fourth-order valence-electron chi connectivity index (χ4n) is 2.13. The highest BCUT2D eigenvalue weighted by Gasteiger charge is 2.18. The molecule has 0 aromatic carbocycles. The molecule has 0 aliphatic carbocycles. The SMILES string of the molecule is CN(C)CC(C)(C)CN=C(N)NCCc1ccccn1.I. The third kappa shape index (κ3) is 9.62. The summed E-state index contributed by atoms with van der Waals surface area (Å²) in [7, 11) is 4.14. The Kier molecular flexibility index (Phi) is 9.52. The van der Waals surface area contributed by atoms with E-state index in [9.17, 15) is 0 Å². The van der Waals surface area contributed by atoms with Crippen molar-refractivity contribution in [1.29, 1.82) is 0 Å². The molecule has 0 saturated carbocycles. The molecule has 0 radical (unpaired) electrons. The standard InChI is InChI=1S/C15H27N5.HI/c1-15(2,12-20(3)4)11-19-14(16)18-10-8-13-7-5-6-9-17-13;/h5-7,9H,8,10-12H2,1-4H3,(H3,16,18,19);1H. The van der Waals surface area contributed by atoms with Gasteiger partial charge in [-0.25, -0.2) is 0 Å². The molecule has 120 valence electrons. The third-order valence-corrected chi connectivity index (χ3v) is 2.84. The maximum Gasteiger partial charge on any atom is 0.188 e. The Bertz CT molecular complexity index is 417. The van der Waals surface area contributed by atoms with Gasteiger partial charge in [0.15, 0.2) is 5.96 Å². The lowest BCUT2D eigenvalue weighted by Crippen LogP contribution is -2.36. The number of halogens is 1. The number of nitrogens with two attached hydrogens (primary N) is 1. The highest BCUT2D eigenvalue weighted by molar-refractivity contribution is 14.0. The average Bonchev–Trinajstić information content (AvgIpc) is 2.36. The Balaban J connectivity index is 0.00000400. The molecule has 0 bridgehead atoms. The monoisotopic (exact) mass is 405 g/mol. The quantitative estimate of drug-likeness (QED) is 0.412. The summed E-state index contributed by atoms with van der Waals surface area (Å²) in [6.45, 7) is 6.83. The highest BCUT2D eigenvalue weighted by Crippen LogP contribution is 2.15. The van der Waals surface area contributed by atoms with Crippen molar-refractivity contribution in [3.05, 3.63) is 30.1 Å². The van der Waals surface area contributed by atoms with E-state index in [1.54, 1.807) is 6.20 Å². The van der Waals surface area contributed by atoms with E-state index in [0.717, 1.165) is 25.2 Å². The fraction of sp³-hybridized carbons (Fsp3) is 0.600. The molecule has 0 aliphatic rings. The smallest absolute Gasteiger partial charge is 0.188 e. The van der Waals surface area contributed by atoms with Gasteiger partial charge in [0, 0.05) is 37.9 Å². The summed E-state index contributed by atoms with van der Waals surface area (Å²) >= 11 is 0. The van der Waals surface area contributed by atoms with Gasteiger partial charge in [-0.05, 0) is 31.6 Å². The molecular formula is C15H28IN5. The van der Waals surface area contributed by atoms with E-state index in [-0.39, 0.29) is 29.4 Å². The first-order valence-electron chi connectivity index (χ1n) is 6.97. The van der Waals surface area contributed by atoms with E-state index in [0.29, 0.717) is 12.5 Å². The summed E-state index contributed by atoms with van der Waals surface area (Å²) in [6, 6.07) is 5.92. The number of hydrogen-bond acceptors (Lipinski definition) is 3. The van der Waals surface area contributed by atoms with Gasteiger partial charge in [-0.3, -0.25) is 9.98 Å². The van der Waals surface area contributed by atoms with Crippen molar-refractivity contribution in [2.45, 2.75) is 20.3 Å². The molecule has 5 nitrogen and oxygen atoms in total. The van der Waals surface area contributed by atoms with E-state index < -0.39 is 0 Å². The van der Waals surface area contributed by atoms with E-state index in [4.69, 9.17) is 5.73 Å². The summed E-state index contributed by atoms with van der Waals surface area (Å²) < 4.78 is 0. The van der Waals surface area contributed by atoms with Gasteiger partial charge in [-0.2, -0.15) is 0 Å². The number of nitrogens with zero attached hydrogens (tertiary/aromatic N) is 3. The minimum absolute atomic E-state index is 0. The lowest BCUT2D eigenvalue weighted by Gasteiger charge is -2.26. The van der Waals surface area contributed by atoms with Crippen LogP contribution in [0.3, 0.4) is 0 Å². The van der Waals surface area contributed by atoms with Gasteiger partial charge < -0.3 is 16.0 Å². The molecule has 6 heteroatoms. The molecule has 21 heavy (non-hydrogen) atoms. The second kappa shape index (κ2) is 9.94. The molecule has 1 aromatic heterocycles. The number of aromatic nitrogens is 1. The van der Waals surface area contributed by atoms with Crippen LogP contribution in [0.2, 0.25) is 0 Å². The van der Waals surface area contributed by atoms with Crippen molar-refractivity contribution < 1.29 is 0 Å². The summed E-state index contributed by atoms with van der Waals surface area (Å²) in [5, 5.41) is 3.13. The van der Waals surface area contributed by atoms with Gasteiger partial charge in [-0.15, -0.1) is 24.0 Å². The van der Waals surface area contributed by atoms with Crippen LogP contribution in [0.15, 0.2) is 29.4 Å². The Morgan fingerprint density at radius 1 is 1.38 bits per heavy atom. The van der Waals surface area contributed by atoms with E-state index >= 15 is 0 Å². The zero-order chi connectivity index (χ0) is 15.0. The zero-order valence-corrected chi connectivity index (χ0v) is 15.8. The Labute approximate surface area is 145 Å². The molecule has 0 unspecified atom stereocenters. The van der Waals surface area contributed by atoms with Crippen LogP contribution in [0.4, 0.5) is 0 Å². The maximum atomic E-state index is 5.88. The van der Waals surface area contributed by atoms with Crippen molar-refractivity contribution in [2.24, 2.45) is 16.1 Å². The largest absolute Gasteiger partial charge is 0.370 e. The van der Waals surface area contributed by atoms with Gasteiger partial charge in [0.05, 0.1) is 0 Å². The lowest BCUT2D eigenvalue weighted by atomic mass is 9.93. The van der Waals surface area contributed by atoms with Gasteiger partial charge >= 0.3 is 0 Å². The number of guanidine groups is 1. The molecule has 0 fully saturated rings. The van der Waals surface area contributed by atoms with E-state index in [1.165, 1.54) is 0 Å². The summed E-state index contributed by atoms with van der Waals surface area (Å²) in [5.74, 6) is 0.507. The molecule has 0 amide bonds. The minimum atomic E-state index is 0. The number of hydrogen-bond donors (Lipinski definition) is 2. The molecule has 1 heterocycles. The van der Waals surface area contributed by atoms with E-state index in [1.807, 2.05) is 18.2 Å². The zero-order valence-electron chi connectivity index (χ0n) is 13.5. The van der Waals surface area contributed by atoms with Crippen LogP contribution in [-0.4, -0.2) is 49.6 Å². The highest BCUT2D eigenvalue weighted by atomic mass is 127.